The second kappa shape index (κ2) is 4.72. The predicted octanol–water partition coefficient (Wildman–Crippen LogP) is 1.02. The van der Waals surface area contributed by atoms with E-state index in [1.54, 1.807) is 6.07 Å². The van der Waals surface area contributed by atoms with Gasteiger partial charge in [0.2, 0.25) is 0 Å². The van der Waals surface area contributed by atoms with Gasteiger partial charge in [-0.05, 0) is 37.1 Å². The number of hydrogen-bond donors (Lipinski definition) is 3. The Morgan fingerprint density at radius 2 is 2.12 bits per heavy atom. The molecule has 1 saturated heterocycles. The summed E-state index contributed by atoms with van der Waals surface area (Å²) in [5.74, 6) is -0.124. The number of aromatic hydroxyl groups is 2. The summed E-state index contributed by atoms with van der Waals surface area (Å²) in [6, 6.07) is 5.43. The zero-order valence-electron chi connectivity index (χ0n) is 9.26. The minimum atomic E-state index is -0.0689. The zero-order valence-corrected chi connectivity index (χ0v) is 9.26. The third-order valence-corrected chi connectivity index (χ3v) is 3.20. The van der Waals surface area contributed by atoms with Crippen LogP contribution in [0.2, 0.25) is 0 Å². The molecule has 2 rings (SSSR count). The first-order valence-electron chi connectivity index (χ1n) is 5.65. The van der Waals surface area contributed by atoms with E-state index in [2.05, 4.69) is 4.90 Å². The van der Waals surface area contributed by atoms with Crippen LogP contribution in [0.4, 0.5) is 0 Å². The number of likely N-dealkylation sites (tertiary alicyclic amines) is 1. The molecule has 0 radical (unpaired) electrons. The number of phenols is 2. The van der Waals surface area contributed by atoms with Crippen LogP contribution in [0.3, 0.4) is 0 Å². The highest BCUT2D eigenvalue weighted by Gasteiger charge is 2.22. The van der Waals surface area contributed by atoms with Gasteiger partial charge in [0.05, 0.1) is 0 Å². The van der Waals surface area contributed by atoms with Gasteiger partial charge in [-0.15, -0.1) is 0 Å². The van der Waals surface area contributed by atoms with E-state index in [1.807, 2.05) is 6.07 Å². The molecule has 4 nitrogen and oxygen atoms in total. The molecule has 88 valence electrons. The largest absolute Gasteiger partial charge is 0.504 e. The molecular formula is C12H18N2O2. The van der Waals surface area contributed by atoms with Crippen LogP contribution in [0.15, 0.2) is 18.2 Å². The van der Waals surface area contributed by atoms with Gasteiger partial charge in [-0.1, -0.05) is 6.07 Å². The fourth-order valence-corrected chi connectivity index (χ4v) is 2.27. The van der Waals surface area contributed by atoms with Gasteiger partial charge in [0, 0.05) is 19.1 Å². The Labute approximate surface area is 95.3 Å². The van der Waals surface area contributed by atoms with E-state index in [9.17, 15) is 10.2 Å². The molecule has 1 atom stereocenters. The molecule has 1 aromatic rings. The van der Waals surface area contributed by atoms with Crippen LogP contribution in [-0.2, 0) is 6.54 Å². The second-order valence-corrected chi connectivity index (χ2v) is 4.33. The SMILES string of the molecule is NCC1CCCN1Cc1ccc(O)c(O)c1. The lowest BCUT2D eigenvalue weighted by Crippen LogP contribution is -2.34. The van der Waals surface area contributed by atoms with Gasteiger partial charge in [-0.25, -0.2) is 0 Å². The fourth-order valence-electron chi connectivity index (χ4n) is 2.27. The summed E-state index contributed by atoms with van der Waals surface area (Å²) in [6.45, 7) is 2.53. The van der Waals surface area contributed by atoms with Crippen molar-refractivity contribution in [3.8, 4) is 11.5 Å². The summed E-state index contributed by atoms with van der Waals surface area (Å²) in [5.41, 5.74) is 6.71. The van der Waals surface area contributed by atoms with Crippen molar-refractivity contribution in [3.05, 3.63) is 23.8 Å². The lowest BCUT2D eigenvalue weighted by atomic mass is 10.1. The Hall–Kier alpha value is -1.26. The molecule has 0 aliphatic carbocycles. The number of hydrogen-bond acceptors (Lipinski definition) is 4. The number of nitrogens with two attached hydrogens (primary N) is 1. The maximum absolute atomic E-state index is 9.40. The van der Waals surface area contributed by atoms with Gasteiger partial charge in [0.1, 0.15) is 0 Å². The zero-order chi connectivity index (χ0) is 11.5. The molecule has 0 amide bonds. The van der Waals surface area contributed by atoms with Crippen LogP contribution in [-0.4, -0.2) is 34.2 Å². The minimum absolute atomic E-state index is 0.0546. The third kappa shape index (κ3) is 2.28. The number of benzene rings is 1. The molecule has 0 spiro atoms. The van der Waals surface area contributed by atoms with E-state index < -0.39 is 0 Å². The maximum Gasteiger partial charge on any atom is 0.157 e. The molecule has 1 fully saturated rings. The molecule has 16 heavy (non-hydrogen) atoms. The molecule has 1 aromatic carbocycles. The Morgan fingerprint density at radius 3 is 2.81 bits per heavy atom. The van der Waals surface area contributed by atoms with Crippen LogP contribution >= 0.6 is 0 Å². The van der Waals surface area contributed by atoms with E-state index in [4.69, 9.17) is 5.73 Å². The van der Waals surface area contributed by atoms with Crippen LogP contribution in [0, 0.1) is 0 Å². The van der Waals surface area contributed by atoms with Gasteiger partial charge < -0.3 is 15.9 Å². The van der Waals surface area contributed by atoms with Crippen LogP contribution in [0.5, 0.6) is 11.5 Å². The first kappa shape index (κ1) is 11.2. The first-order chi connectivity index (χ1) is 7.70. The van der Waals surface area contributed by atoms with Crippen molar-refractivity contribution >= 4 is 0 Å². The minimum Gasteiger partial charge on any atom is -0.504 e. The number of rotatable bonds is 3. The van der Waals surface area contributed by atoms with Gasteiger partial charge in [0.15, 0.2) is 11.5 Å². The summed E-state index contributed by atoms with van der Waals surface area (Å²) in [7, 11) is 0. The second-order valence-electron chi connectivity index (χ2n) is 4.33. The van der Waals surface area contributed by atoms with E-state index >= 15 is 0 Å². The van der Waals surface area contributed by atoms with Gasteiger partial charge in [-0.2, -0.15) is 0 Å². The van der Waals surface area contributed by atoms with Crippen molar-refractivity contribution in [2.75, 3.05) is 13.1 Å². The van der Waals surface area contributed by atoms with Crippen LogP contribution in [0.25, 0.3) is 0 Å². The molecule has 1 heterocycles. The summed E-state index contributed by atoms with van der Waals surface area (Å²) in [5, 5.41) is 18.6. The number of nitrogens with zero attached hydrogens (tertiary/aromatic N) is 1. The topological polar surface area (TPSA) is 69.7 Å². The van der Waals surface area contributed by atoms with Gasteiger partial charge in [-0.3, -0.25) is 4.90 Å². The monoisotopic (exact) mass is 222 g/mol. The lowest BCUT2D eigenvalue weighted by Gasteiger charge is -2.23. The molecular weight excluding hydrogens is 204 g/mol. The van der Waals surface area contributed by atoms with Gasteiger partial charge in [0.25, 0.3) is 0 Å². The molecule has 0 bridgehead atoms. The highest BCUT2D eigenvalue weighted by atomic mass is 16.3. The van der Waals surface area contributed by atoms with Crippen molar-refractivity contribution in [1.82, 2.24) is 4.90 Å². The van der Waals surface area contributed by atoms with Crippen LogP contribution in [0.1, 0.15) is 18.4 Å². The predicted molar refractivity (Wildman–Crippen MR) is 62.3 cm³/mol. The molecule has 1 unspecified atom stereocenters. The highest BCUT2D eigenvalue weighted by Crippen LogP contribution is 2.27. The summed E-state index contributed by atoms with van der Waals surface area (Å²) in [4.78, 5) is 2.33. The average Bonchev–Trinajstić information content (AvgIpc) is 2.71. The standard InChI is InChI=1S/C12H18N2O2/c13-7-10-2-1-5-14(10)8-9-3-4-11(15)12(16)6-9/h3-4,6,10,15-16H,1-2,5,7-8,13H2. The molecule has 4 N–H and O–H groups in total. The van der Waals surface area contributed by atoms with E-state index in [0.717, 1.165) is 25.1 Å². The molecule has 0 saturated carbocycles. The van der Waals surface area contributed by atoms with E-state index in [-0.39, 0.29) is 11.5 Å². The lowest BCUT2D eigenvalue weighted by molar-refractivity contribution is 0.250. The fraction of sp³-hybridized carbons (Fsp3) is 0.500. The first-order valence-corrected chi connectivity index (χ1v) is 5.65. The quantitative estimate of drug-likeness (QED) is 0.668. The van der Waals surface area contributed by atoms with E-state index in [1.165, 1.54) is 12.5 Å². The van der Waals surface area contributed by atoms with Gasteiger partial charge >= 0.3 is 0 Å². The Bertz CT molecular complexity index is 368. The molecule has 4 heteroatoms. The number of phenolic OH excluding ortho intramolecular Hbond substituents is 2. The van der Waals surface area contributed by atoms with Crippen LogP contribution < -0.4 is 5.73 Å². The van der Waals surface area contributed by atoms with Crippen molar-refractivity contribution in [1.29, 1.82) is 0 Å². The third-order valence-electron chi connectivity index (χ3n) is 3.20. The Balaban J connectivity index is 2.05. The van der Waals surface area contributed by atoms with Crippen molar-refractivity contribution in [3.63, 3.8) is 0 Å². The maximum atomic E-state index is 9.40. The van der Waals surface area contributed by atoms with E-state index in [0.29, 0.717) is 12.6 Å². The summed E-state index contributed by atoms with van der Waals surface area (Å²) < 4.78 is 0. The highest BCUT2D eigenvalue weighted by molar-refractivity contribution is 5.40. The summed E-state index contributed by atoms with van der Waals surface area (Å²) in [6.07, 6.45) is 2.34. The molecule has 0 aromatic heterocycles. The Morgan fingerprint density at radius 1 is 1.31 bits per heavy atom. The smallest absolute Gasteiger partial charge is 0.157 e. The van der Waals surface area contributed by atoms with Crippen molar-refractivity contribution in [2.45, 2.75) is 25.4 Å². The normalized spacial score (nSPS) is 21.4. The Kier molecular flexibility index (Phi) is 3.31. The summed E-state index contributed by atoms with van der Waals surface area (Å²) >= 11 is 0. The average molecular weight is 222 g/mol. The van der Waals surface area contributed by atoms with Crippen molar-refractivity contribution in [2.24, 2.45) is 5.73 Å². The van der Waals surface area contributed by atoms with Crippen molar-refractivity contribution < 1.29 is 10.2 Å². The molecule has 1 aliphatic rings. The molecule has 1 aliphatic heterocycles.